The lowest BCUT2D eigenvalue weighted by atomic mass is 9.85. The van der Waals surface area contributed by atoms with Gasteiger partial charge in [-0.2, -0.15) is 0 Å². The summed E-state index contributed by atoms with van der Waals surface area (Å²) in [4.78, 5) is 17.8. The molecule has 3 aliphatic heterocycles. The Labute approximate surface area is 128 Å². The van der Waals surface area contributed by atoms with Gasteiger partial charge in [0.1, 0.15) is 5.60 Å². The van der Waals surface area contributed by atoms with Crippen molar-refractivity contribution in [3.05, 3.63) is 0 Å². The van der Waals surface area contributed by atoms with Crippen LogP contribution in [-0.4, -0.2) is 65.6 Å². The average molecular weight is 294 g/mol. The second kappa shape index (κ2) is 5.32. The van der Waals surface area contributed by atoms with Crippen LogP contribution in [0.15, 0.2) is 0 Å². The number of carbonyl (C=O) groups is 1. The first-order chi connectivity index (χ1) is 9.79. The summed E-state index contributed by atoms with van der Waals surface area (Å²) < 4.78 is 6.03. The molecule has 3 aliphatic rings. The van der Waals surface area contributed by atoms with Crippen LogP contribution in [0.4, 0.5) is 0 Å². The number of carbonyl (C=O) groups excluding carboxylic acids is 1. The standard InChI is InChI=1S/C17H30N2O2/c1-16(2)14(15(20)17(3,4)21-16)12-18-8-6-10-19-9-5-7-13(19)11-18/h13-14H,5-12H2,1-4H3. The molecule has 2 unspecified atom stereocenters. The molecule has 4 nitrogen and oxygen atoms in total. The Morgan fingerprint density at radius 3 is 2.52 bits per heavy atom. The molecule has 0 aliphatic carbocycles. The van der Waals surface area contributed by atoms with E-state index in [1.807, 2.05) is 13.8 Å². The number of rotatable bonds is 2. The van der Waals surface area contributed by atoms with Gasteiger partial charge in [-0.15, -0.1) is 0 Å². The average Bonchev–Trinajstić information content (AvgIpc) is 2.78. The molecule has 0 N–H and O–H groups in total. The van der Waals surface area contributed by atoms with E-state index in [0.717, 1.165) is 19.6 Å². The highest BCUT2D eigenvalue weighted by Gasteiger charge is 2.53. The van der Waals surface area contributed by atoms with Gasteiger partial charge in [0.05, 0.1) is 11.5 Å². The molecule has 0 spiro atoms. The van der Waals surface area contributed by atoms with E-state index >= 15 is 0 Å². The van der Waals surface area contributed by atoms with E-state index in [1.54, 1.807) is 0 Å². The van der Waals surface area contributed by atoms with E-state index in [1.165, 1.54) is 32.4 Å². The Morgan fingerprint density at radius 2 is 1.86 bits per heavy atom. The van der Waals surface area contributed by atoms with Crippen LogP contribution >= 0.6 is 0 Å². The SMILES string of the molecule is CC1(C)OC(C)(C)C(CN2CCCN3CCCC3C2)C1=O. The minimum absolute atomic E-state index is 0.000420. The molecule has 0 bridgehead atoms. The van der Waals surface area contributed by atoms with Gasteiger partial charge in [0, 0.05) is 19.1 Å². The number of hydrogen-bond acceptors (Lipinski definition) is 4. The normalized spacial score (nSPS) is 36.7. The zero-order valence-corrected chi connectivity index (χ0v) is 14.0. The molecule has 4 heteroatoms. The smallest absolute Gasteiger partial charge is 0.171 e. The van der Waals surface area contributed by atoms with Gasteiger partial charge in [-0.25, -0.2) is 0 Å². The third-order valence-corrected chi connectivity index (χ3v) is 5.60. The molecule has 0 saturated carbocycles. The molecule has 3 heterocycles. The van der Waals surface area contributed by atoms with Crippen LogP contribution in [0.5, 0.6) is 0 Å². The van der Waals surface area contributed by atoms with Crippen LogP contribution in [0.3, 0.4) is 0 Å². The molecule has 0 radical (unpaired) electrons. The lowest BCUT2D eigenvalue weighted by Gasteiger charge is -2.31. The predicted octanol–water partition coefficient (Wildman–Crippen LogP) is 1.93. The summed E-state index contributed by atoms with van der Waals surface area (Å²) >= 11 is 0. The Morgan fingerprint density at radius 1 is 1.14 bits per heavy atom. The minimum Gasteiger partial charge on any atom is -0.361 e. The van der Waals surface area contributed by atoms with Gasteiger partial charge in [0.15, 0.2) is 5.78 Å². The fraction of sp³-hybridized carbons (Fsp3) is 0.941. The van der Waals surface area contributed by atoms with E-state index < -0.39 is 5.60 Å². The Balaban J connectivity index is 1.69. The highest BCUT2D eigenvalue weighted by molar-refractivity contribution is 5.91. The summed E-state index contributed by atoms with van der Waals surface area (Å²) in [5.41, 5.74) is -0.971. The molecule has 2 atom stereocenters. The first-order valence-corrected chi connectivity index (χ1v) is 8.50. The van der Waals surface area contributed by atoms with Gasteiger partial charge in [0.25, 0.3) is 0 Å². The van der Waals surface area contributed by atoms with Crippen LogP contribution in [0.1, 0.15) is 47.0 Å². The molecule has 21 heavy (non-hydrogen) atoms. The van der Waals surface area contributed by atoms with Crippen molar-refractivity contribution in [3.63, 3.8) is 0 Å². The van der Waals surface area contributed by atoms with Gasteiger partial charge < -0.3 is 9.64 Å². The molecule has 0 amide bonds. The number of Topliss-reactive ketones (excluding diaryl/α,β-unsaturated/α-hetero) is 1. The fourth-order valence-corrected chi connectivity index (χ4v) is 4.52. The molecular formula is C17H30N2O2. The quantitative estimate of drug-likeness (QED) is 0.779. The van der Waals surface area contributed by atoms with Crippen LogP contribution in [0.2, 0.25) is 0 Å². The predicted molar refractivity (Wildman–Crippen MR) is 83.4 cm³/mol. The molecule has 3 fully saturated rings. The summed E-state index contributed by atoms with van der Waals surface area (Å²) in [6.07, 6.45) is 3.88. The van der Waals surface area contributed by atoms with Gasteiger partial charge in [-0.1, -0.05) is 0 Å². The van der Waals surface area contributed by atoms with Gasteiger partial charge in [-0.3, -0.25) is 9.69 Å². The number of nitrogens with zero attached hydrogens (tertiary/aromatic N) is 2. The van der Waals surface area contributed by atoms with Crippen molar-refractivity contribution in [2.45, 2.75) is 64.2 Å². The summed E-state index contributed by atoms with van der Waals surface area (Å²) in [6.45, 7) is 13.6. The monoisotopic (exact) mass is 294 g/mol. The first-order valence-electron chi connectivity index (χ1n) is 8.50. The summed E-state index contributed by atoms with van der Waals surface area (Å²) in [5, 5.41) is 0. The topological polar surface area (TPSA) is 32.8 Å². The molecule has 3 saturated heterocycles. The number of fused-ring (bicyclic) bond motifs is 1. The lowest BCUT2D eigenvalue weighted by Crippen LogP contribution is -2.44. The third kappa shape index (κ3) is 2.90. The van der Waals surface area contributed by atoms with Gasteiger partial charge >= 0.3 is 0 Å². The molecule has 3 rings (SSSR count). The second-order valence-corrected chi connectivity index (χ2v) is 8.08. The molecule has 120 valence electrons. The van der Waals surface area contributed by atoms with Crippen molar-refractivity contribution in [1.29, 1.82) is 0 Å². The van der Waals surface area contributed by atoms with Crippen LogP contribution < -0.4 is 0 Å². The van der Waals surface area contributed by atoms with Gasteiger partial charge in [0.2, 0.25) is 0 Å². The Hall–Kier alpha value is -0.450. The van der Waals surface area contributed by atoms with Crippen molar-refractivity contribution >= 4 is 5.78 Å². The summed E-state index contributed by atoms with van der Waals surface area (Å²) in [5.74, 6) is 0.278. The third-order valence-electron chi connectivity index (χ3n) is 5.60. The van der Waals surface area contributed by atoms with Crippen LogP contribution in [-0.2, 0) is 9.53 Å². The van der Waals surface area contributed by atoms with Crippen molar-refractivity contribution in [2.75, 3.05) is 32.7 Å². The Bertz CT molecular complexity index is 419. The van der Waals surface area contributed by atoms with E-state index in [-0.39, 0.29) is 17.3 Å². The minimum atomic E-state index is -0.626. The Kier molecular flexibility index (Phi) is 3.92. The number of hydrogen-bond donors (Lipinski definition) is 0. The lowest BCUT2D eigenvalue weighted by molar-refractivity contribution is -0.132. The second-order valence-electron chi connectivity index (χ2n) is 8.08. The van der Waals surface area contributed by atoms with E-state index in [9.17, 15) is 4.79 Å². The van der Waals surface area contributed by atoms with Gasteiger partial charge in [-0.05, 0) is 66.6 Å². The van der Waals surface area contributed by atoms with Crippen molar-refractivity contribution in [3.8, 4) is 0 Å². The highest BCUT2D eigenvalue weighted by atomic mass is 16.5. The van der Waals surface area contributed by atoms with E-state index in [0.29, 0.717) is 6.04 Å². The maximum Gasteiger partial charge on any atom is 0.171 e. The highest BCUT2D eigenvalue weighted by Crippen LogP contribution is 2.39. The first kappa shape index (κ1) is 15.4. The van der Waals surface area contributed by atoms with E-state index in [2.05, 4.69) is 23.6 Å². The zero-order chi connectivity index (χ0) is 15.3. The maximum absolute atomic E-state index is 12.7. The number of ether oxygens (including phenoxy) is 1. The van der Waals surface area contributed by atoms with Crippen molar-refractivity contribution in [1.82, 2.24) is 9.80 Å². The van der Waals surface area contributed by atoms with Crippen LogP contribution in [0, 0.1) is 5.92 Å². The molecule has 0 aromatic heterocycles. The maximum atomic E-state index is 12.7. The molecular weight excluding hydrogens is 264 g/mol. The fourth-order valence-electron chi connectivity index (χ4n) is 4.52. The molecule has 0 aromatic carbocycles. The van der Waals surface area contributed by atoms with E-state index in [4.69, 9.17) is 4.74 Å². The number of ketones is 1. The summed E-state index contributed by atoms with van der Waals surface area (Å²) in [6, 6.07) is 0.709. The molecule has 0 aromatic rings. The van der Waals surface area contributed by atoms with Crippen LogP contribution in [0.25, 0.3) is 0 Å². The van der Waals surface area contributed by atoms with Crippen molar-refractivity contribution in [2.24, 2.45) is 5.92 Å². The van der Waals surface area contributed by atoms with Crippen molar-refractivity contribution < 1.29 is 9.53 Å². The largest absolute Gasteiger partial charge is 0.361 e. The summed E-state index contributed by atoms with van der Waals surface area (Å²) in [7, 11) is 0. The zero-order valence-electron chi connectivity index (χ0n) is 14.0.